The predicted molar refractivity (Wildman–Crippen MR) is 162 cm³/mol. The highest BCUT2D eigenvalue weighted by Gasteiger charge is 2.73. The summed E-state index contributed by atoms with van der Waals surface area (Å²) in [5, 5.41) is 23.7. The van der Waals surface area contributed by atoms with Crippen molar-refractivity contribution in [2.24, 2.45) is 5.92 Å². The van der Waals surface area contributed by atoms with Crippen molar-refractivity contribution in [1.82, 2.24) is 4.90 Å². The van der Waals surface area contributed by atoms with Crippen molar-refractivity contribution in [3.63, 3.8) is 0 Å². The van der Waals surface area contributed by atoms with Gasteiger partial charge in [-0.25, -0.2) is 0 Å². The smallest absolute Gasteiger partial charge is 0.315 e. The van der Waals surface area contributed by atoms with E-state index >= 15 is 0 Å². The second kappa shape index (κ2) is 9.62. The number of carboxylic acid groups (broad SMARTS) is 1. The molecule has 0 amide bonds. The van der Waals surface area contributed by atoms with E-state index in [0.29, 0.717) is 36.7 Å². The first-order chi connectivity index (χ1) is 21.1. The molecule has 3 fully saturated rings. The zero-order valence-corrected chi connectivity index (χ0v) is 25.2. The second-order valence-electron chi connectivity index (χ2n) is 13.7. The fourth-order valence-electron chi connectivity index (χ4n) is 8.99. The average molecular weight is 596 g/mol. The van der Waals surface area contributed by atoms with Gasteiger partial charge in [-0.15, -0.1) is 0 Å². The van der Waals surface area contributed by atoms with Crippen LogP contribution in [0.25, 0.3) is 10.8 Å². The fraction of sp³-hybridized carbons (Fsp3) is 0.472. The van der Waals surface area contributed by atoms with Crippen LogP contribution in [-0.4, -0.2) is 63.7 Å². The van der Waals surface area contributed by atoms with Crippen molar-refractivity contribution in [1.29, 1.82) is 0 Å². The van der Waals surface area contributed by atoms with E-state index in [1.54, 1.807) is 6.07 Å². The third kappa shape index (κ3) is 3.86. The van der Waals surface area contributed by atoms with Crippen LogP contribution >= 0.6 is 0 Å². The Labute approximate surface area is 255 Å². The van der Waals surface area contributed by atoms with Crippen LogP contribution in [-0.2, 0) is 39.1 Å². The first kappa shape index (κ1) is 27.8. The van der Waals surface area contributed by atoms with Gasteiger partial charge in [0, 0.05) is 24.6 Å². The molecule has 3 aromatic rings. The van der Waals surface area contributed by atoms with Gasteiger partial charge < -0.3 is 19.7 Å². The summed E-state index contributed by atoms with van der Waals surface area (Å²) in [5.74, 6) is 0.161. The van der Waals surface area contributed by atoms with Gasteiger partial charge in [-0.2, -0.15) is 0 Å². The number of Topliss-reactive ketones (excluding diaryl/α,β-unsaturated/α-hetero) is 1. The van der Waals surface area contributed by atoms with E-state index in [-0.39, 0.29) is 31.1 Å². The largest absolute Gasteiger partial charge is 0.481 e. The standard InChI is InChI=1S/C36H37NO7/c1-19-22(16-30(39)40)5-8-26-20(2)23(6-9-25(19)26)17-31(41)43-28-10-7-24-15-29-36(42)12-11-27(38)34-35(36,32(24)33(28)44-34)13-14-37(29)18-21-3-4-21/h5-10,21,29,34,42H,3-4,11-18H2,1-2H3,(H,39,40)/t29-,34+,35+,36-/m1/s1. The highest BCUT2D eigenvalue weighted by molar-refractivity contribution is 5.93. The molecule has 5 aliphatic rings. The molecule has 3 aliphatic carbocycles. The first-order valence-corrected chi connectivity index (χ1v) is 15.9. The van der Waals surface area contributed by atoms with Crippen molar-refractivity contribution in [3.05, 3.63) is 69.8 Å². The van der Waals surface area contributed by atoms with Crippen LogP contribution in [0.4, 0.5) is 0 Å². The molecule has 0 aromatic heterocycles. The molecule has 44 heavy (non-hydrogen) atoms. The van der Waals surface area contributed by atoms with Crippen LogP contribution < -0.4 is 9.47 Å². The van der Waals surface area contributed by atoms with Crippen LogP contribution in [0, 0.1) is 19.8 Å². The molecular weight excluding hydrogens is 558 g/mol. The summed E-state index contributed by atoms with van der Waals surface area (Å²) in [4.78, 5) is 40.5. The van der Waals surface area contributed by atoms with E-state index in [1.807, 2.05) is 44.2 Å². The third-order valence-electron chi connectivity index (χ3n) is 11.4. The molecule has 8 nitrogen and oxygen atoms in total. The average Bonchev–Trinajstić information content (AvgIpc) is 3.72. The van der Waals surface area contributed by atoms with Gasteiger partial charge in [-0.05, 0) is 103 Å². The lowest BCUT2D eigenvalue weighted by Crippen LogP contribution is -2.76. The molecule has 2 bridgehead atoms. The number of ether oxygens (including phenoxy) is 2. The number of hydrogen-bond donors (Lipinski definition) is 2. The van der Waals surface area contributed by atoms with Gasteiger partial charge in [0.05, 0.1) is 23.9 Å². The Morgan fingerprint density at radius 2 is 1.70 bits per heavy atom. The molecule has 1 saturated heterocycles. The second-order valence-corrected chi connectivity index (χ2v) is 13.7. The van der Waals surface area contributed by atoms with Crippen molar-refractivity contribution >= 4 is 28.5 Å². The van der Waals surface area contributed by atoms with Gasteiger partial charge >= 0.3 is 11.9 Å². The number of hydrogen-bond acceptors (Lipinski definition) is 7. The molecular formula is C36H37NO7. The monoisotopic (exact) mass is 595 g/mol. The maximum Gasteiger partial charge on any atom is 0.315 e. The molecule has 8 rings (SSSR count). The Hall–Kier alpha value is -3.75. The van der Waals surface area contributed by atoms with Gasteiger partial charge in [-0.3, -0.25) is 19.3 Å². The highest BCUT2D eigenvalue weighted by Crippen LogP contribution is 2.65. The Bertz CT molecular complexity index is 1780. The Morgan fingerprint density at radius 1 is 1.00 bits per heavy atom. The fourth-order valence-corrected chi connectivity index (χ4v) is 8.99. The molecule has 4 atom stereocenters. The van der Waals surface area contributed by atoms with Gasteiger partial charge in [0.25, 0.3) is 0 Å². The Balaban J connectivity index is 1.10. The molecule has 1 spiro atoms. The number of benzene rings is 3. The van der Waals surface area contributed by atoms with Crippen LogP contribution in [0.2, 0.25) is 0 Å². The van der Waals surface area contributed by atoms with E-state index in [9.17, 15) is 24.6 Å². The van der Waals surface area contributed by atoms with Crippen molar-refractivity contribution in [2.45, 2.75) is 88.4 Å². The lowest BCUT2D eigenvalue weighted by atomic mass is 9.49. The quantitative estimate of drug-likeness (QED) is 0.306. The molecule has 2 saturated carbocycles. The Kier molecular flexibility index (Phi) is 6.07. The third-order valence-corrected chi connectivity index (χ3v) is 11.4. The van der Waals surface area contributed by atoms with E-state index in [4.69, 9.17) is 9.47 Å². The molecule has 2 N–H and O–H groups in total. The summed E-state index contributed by atoms with van der Waals surface area (Å²) >= 11 is 0. The minimum Gasteiger partial charge on any atom is -0.481 e. The van der Waals surface area contributed by atoms with Crippen molar-refractivity contribution in [3.8, 4) is 11.5 Å². The minimum atomic E-state index is -1.07. The number of aliphatic carboxylic acids is 1. The lowest BCUT2D eigenvalue weighted by molar-refractivity contribution is -0.188. The molecule has 2 aliphatic heterocycles. The number of fused-ring (bicyclic) bond motifs is 1. The summed E-state index contributed by atoms with van der Waals surface area (Å²) in [7, 11) is 0. The topological polar surface area (TPSA) is 113 Å². The van der Waals surface area contributed by atoms with Crippen LogP contribution in [0.5, 0.6) is 11.5 Å². The number of esters is 1. The summed E-state index contributed by atoms with van der Waals surface area (Å²) in [6.45, 7) is 5.70. The SMILES string of the molecule is Cc1c(CC(=O)O)ccc2c(C)c(CC(=O)Oc3ccc4c5c3O[C@H]3C(=O)CC[C@@]6(O)[C@@H](C4)N(CC4CC4)CC[C@]536)ccc12. The van der Waals surface area contributed by atoms with Crippen molar-refractivity contribution in [2.75, 3.05) is 13.1 Å². The molecule has 8 heteroatoms. The number of nitrogens with zero attached hydrogens (tertiary/aromatic N) is 1. The maximum absolute atomic E-state index is 13.4. The Morgan fingerprint density at radius 3 is 2.39 bits per heavy atom. The van der Waals surface area contributed by atoms with E-state index < -0.39 is 29.1 Å². The molecule has 2 heterocycles. The van der Waals surface area contributed by atoms with Gasteiger partial charge in [0.15, 0.2) is 23.4 Å². The summed E-state index contributed by atoms with van der Waals surface area (Å²) in [5.41, 5.74) is 3.54. The number of aryl methyl sites for hydroxylation is 2. The van der Waals surface area contributed by atoms with E-state index in [1.165, 1.54) is 12.8 Å². The van der Waals surface area contributed by atoms with Crippen LogP contribution in [0.1, 0.15) is 65.5 Å². The number of piperidine rings is 1. The van der Waals surface area contributed by atoms with E-state index in [2.05, 4.69) is 4.90 Å². The molecule has 0 radical (unpaired) electrons. The van der Waals surface area contributed by atoms with Gasteiger partial charge in [0.1, 0.15) is 0 Å². The number of aliphatic hydroxyl groups is 1. The maximum atomic E-state index is 13.4. The first-order valence-electron chi connectivity index (χ1n) is 15.9. The predicted octanol–water partition coefficient (Wildman–Crippen LogP) is 4.37. The number of carbonyl (C=O) groups is 3. The van der Waals surface area contributed by atoms with Crippen LogP contribution in [0.15, 0.2) is 36.4 Å². The van der Waals surface area contributed by atoms with Crippen LogP contribution in [0.3, 0.4) is 0 Å². The lowest BCUT2D eigenvalue weighted by Gasteiger charge is -2.62. The summed E-state index contributed by atoms with van der Waals surface area (Å²) in [6, 6.07) is 11.3. The summed E-state index contributed by atoms with van der Waals surface area (Å²) < 4.78 is 12.4. The van der Waals surface area contributed by atoms with Gasteiger partial charge in [-0.1, -0.05) is 30.3 Å². The number of rotatable bonds is 7. The van der Waals surface area contributed by atoms with Crippen molar-refractivity contribution < 1.29 is 34.1 Å². The minimum absolute atomic E-state index is 0.0130. The normalized spacial score (nSPS) is 28.5. The summed E-state index contributed by atoms with van der Waals surface area (Å²) in [6.07, 6.45) is 3.79. The zero-order chi connectivity index (χ0) is 30.5. The number of carbonyl (C=O) groups excluding carboxylic acids is 2. The van der Waals surface area contributed by atoms with Gasteiger partial charge in [0.2, 0.25) is 0 Å². The molecule has 228 valence electrons. The zero-order valence-electron chi connectivity index (χ0n) is 25.2. The number of ketones is 1. The molecule has 3 aromatic carbocycles. The molecule has 0 unspecified atom stereocenters. The number of likely N-dealkylation sites (tertiary alicyclic amines) is 1. The van der Waals surface area contributed by atoms with E-state index in [0.717, 1.165) is 57.2 Å². The highest BCUT2D eigenvalue weighted by atomic mass is 16.6. The number of carboxylic acids is 1.